The Morgan fingerprint density at radius 1 is 1.06 bits per heavy atom. The van der Waals surface area contributed by atoms with Crippen molar-refractivity contribution >= 4 is 21.4 Å². The second-order valence-electron chi connectivity index (χ2n) is 8.30. The Hall–Kier alpha value is -2.54. The summed E-state index contributed by atoms with van der Waals surface area (Å²) in [5.74, 6) is 0.778. The van der Waals surface area contributed by atoms with Crippen LogP contribution in [0.25, 0.3) is 0 Å². The Morgan fingerprint density at radius 3 is 2.48 bits per heavy atom. The fraction of sp³-hybridized carbons (Fsp3) is 0.458. The Morgan fingerprint density at radius 2 is 1.77 bits per heavy atom. The maximum absolute atomic E-state index is 12.3. The van der Waals surface area contributed by atoms with Gasteiger partial charge in [-0.2, -0.15) is 0 Å². The number of aryl methyl sites for hydroxylation is 2. The molecule has 1 N–H and O–H groups in total. The van der Waals surface area contributed by atoms with E-state index >= 15 is 0 Å². The zero-order valence-electron chi connectivity index (χ0n) is 18.0. The predicted octanol–water partition coefficient (Wildman–Crippen LogP) is 3.13. The van der Waals surface area contributed by atoms with Crippen molar-refractivity contribution in [3.63, 3.8) is 0 Å². The first kappa shape index (κ1) is 21.7. The standard InChI is InChI=1S/C24H30N2O4S/c1-2-31(28,29)23-10-7-21(8-11-23)26-14-12-20(13-15-26)25-24(27)17-30-22-9-6-18-4-3-5-19(18)16-22/h6-11,16,20H,2-5,12-15,17H2,1H3,(H,25,27). The summed E-state index contributed by atoms with van der Waals surface area (Å²) in [6, 6.07) is 13.3. The van der Waals surface area contributed by atoms with Crippen LogP contribution in [0.5, 0.6) is 5.75 Å². The maximum atomic E-state index is 12.3. The molecule has 166 valence electrons. The van der Waals surface area contributed by atoms with Gasteiger partial charge in [0, 0.05) is 24.8 Å². The van der Waals surface area contributed by atoms with E-state index in [9.17, 15) is 13.2 Å². The molecule has 31 heavy (non-hydrogen) atoms. The van der Waals surface area contributed by atoms with E-state index in [1.54, 1.807) is 19.1 Å². The lowest BCUT2D eigenvalue weighted by Gasteiger charge is -2.34. The molecule has 1 aliphatic heterocycles. The molecule has 7 heteroatoms. The maximum Gasteiger partial charge on any atom is 0.258 e. The lowest BCUT2D eigenvalue weighted by Crippen LogP contribution is -2.46. The van der Waals surface area contributed by atoms with Gasteiger partial charge in [-0.05, 0) is 79.6 Å². The molecule has 1 saturated heterocycles. The minimum Gasteiger partial charge on any atom is -0.484 e. The third-order valence-corrected chi connectivity index (χ3v) is 7.99. The van der Waals surface area contributed by atoms with Gasteiger partial charge in [0.15, 0.2) is 16.4 Å². The Labute approximate surface area is 184 Å². The highest BCUT2D eigenvalue weighted by atomic mass is 32.2. The van der Waals surface area contributed by atoms with Crippen molar-refractivity contribution in [2.75, 3.05) is 30.3 Å². The van der Waals surface area contributed by atoms with Gasteiger partial charge in [-0.15, -0.1) is 0 Å². The van der Waals surface area contributed by atoms with Crippen molar-refractivity contribution in [3.8, 4) is 5.75 Å². The Bertz CT molecular complexity index is 1030. The van der Waals surface area contributed by atoms with E-state index < -0.39 is 9.84 Å². The lowest BCUT2D eigenvalue weighted by molar-refractivity contribution is -0.123. The number of piperidine rings is 1. The molecule has 1 heterocycles. The molecule has 0 atom stereocenters. The van der Waals surface area contributed by atoms with Crippen molar-refractivity contribution in [2.45, 2.75) is 50.0 Å². The smallest absolute Gasteiger partial charge is 0.258 e. The summed E-state index contributed by atoms with van der Waals surface area (Å²) in [7, 11) is -3.17. The zero-order chi connectivity index (χ0) is 21.8. The van der Waals surface area contributed by atoms with Gasteiger partial charge in [0.2, 0.25) is 0 Å². The van der Waals surface area contributed by atoms with Crippen molar-refractivity contribution < 1.29 is 17.9 Å². The van der Waals surface area contributed by atoms with E-state index in [1.807, 2.05) is 18.2 Å². The number of carbonyl (C=O) groups excluding carboxylic acids is 1. The molecule has 1 fully saturated rings. The number of sulfone groups is 1. The number of nitrogens with zero attached hydrogens (tertiary/aromatic N) is 1. The number of hydrogen-bond acceptors (Lipinski definition) is 5. The minimum absolute atomic E-state index is 0.0341. The van der Waals surface area contributed by atoms with Gasteiger partial charge < -0.3 is 15.0 Å². The molecule has 1 amide bonds. The molecular weight excluding hydrogens is 412 g/mol. The monoisotopic (exact) mass is 442 g/mol. The van der Waals surface area contributed by atoms with Crippen LogP contribution in [0.2, 0.25) is 0 Å². The van der Waals surface area contributed by atoms with E-state index in [1.165, 1.54) is 17.5 Å². The summed E-state index contributed by atoms with van der Waals surface area (Å²) < 4.78 is 29.6. The fourth-order valence-electron chi connectivity index (χ4n) is 4.37. The fourth-order valence-corrected chi connectivity index (χ4v) is 5.25. The highest BCUT2D eigenvalue weighted by molar-refractivity contribution is 7.91. The zero-order valence-corrected chi connectivity index (χ0v) is 18.8. The van der Waals surface area contributed by atoms with Gasteiger partial charge in [-0.25, -0.2) is 8.42 Å². The first-order chi connectivity index (χ1) is 14.9. The second kappa shape index (κ2) is 9.30. The SMILES string of the molecule is CCS(=O)(=O)c1ccc(N2CCC(NC(=O)COc3ccc4c(c3)CCC4)CC2)cc1. The summed E-state index contributed by atoms with van der Waals surface area (Å²) >= 11 is 0. The van der Waals surface area contributed by atoms with Crippen molar-refractivity contribution in [3.05, 3.63) is 53.6 Å². The van der Waals surface area contributed by atoms with Gasteiger partial charge in [0.05, 0.1) is 10.6 Å². The summed E-state index contributed by atoms with van der Waals surface area (Å²) in [5, 5.41) is 3.08. The Balaban J connectivity index is 1.23. The van der Waals surface area contributed by atoms with Crippen molar-refractivity contribution in [2.24, 2.45) is 0 Å². The van der Waals surface area contributed by atoms with E-state index in [-0.39, 0.29) is 24.3 Å². The van der Waals surface area contributed by atoms with Gasteiger partial charge in [-0.3, -0.25) is 4.79 Å². The predicted molar refractivity (Wildman–Crippen MR) is 122 cm³/mol. The van der Waals surface area contributed by atoms with E-state index in [2.05, 4.69) is 22.3 Å². The van der Waals surface area contributed by atoms with Gasteiger partial charge in [-0.1, -0.05) is 13.0 Å². The number of carbonyl (C=O) groups is 1. The third-order valence-electron chi connectivity index (χ3n) is 6.24. The van der Waals surface area contributed by atoms with E-state index in [0.717, 1.165) is 50.2 Å². The number of nitrogens with one attached hydrogen (secondary N) is 1. The number of rotatable bonds is 7. The van der Waals surface area contributed by atoms with Crippen molar-refractivity contribution in [1.29, 1.82) is 0 Å². The molecule has 4 rings (SSSR count). The molecule has 0 spiro atoms. The normalized spacial score (nSPS) is 16.7. The molecule has 0 radical (unpaired) electrons. The van der Waals surface area contributed by atoms with Crippen LogP contribution in [-0.2, 0) is 27.5 Å². The summed E-state index contributed by atoms with van der Waals surface area (Å²) in [4.78, 5) is 14.9. The molecular formula is C24H30N2O4S. The largest absolute Gasteiger partial charge is 0.484 e. The number of anilines is 1. The molecule has 0 saturated carbocycles. The van der Waals surface area contributed by atoms with E-state index in [4.69, 9.17) is 4.74 Å². The number of amides is 1. The highest BCUT2D eigenvalue weighted by Gasteiger charge is 2.22. The van der Waals surface area contributed by atoms with Gasteiger partial charge >= 0.3 is 0 Å². The average molecular weight is 443 g/mol. The molecule has 1 aliphatic carbocycles. The molecule has 0 unspecified atom stereocenters. The second-order valence-corrected chi connectivity index (χ2v) is 10.6. The van der Waals surface area contributed by atoms with Crippen LogP contribution >= 0.6 is 0 Å². The van der Waals surface area contributed by atoms with Crippen LogP contribution in [0, 0.1) is 0 Å². The van der Waals surface area contributed by atoms with Crippen LogP contribution in [0.1, 0.15) is 37.3 Å². The van der Waals surface area contributed by atoms with Crippen LogP contribution in [-0.4, -0.2) is 45.8 Å². The molecule has 0 aromatic heterocycles. The summed E-state index contributed by atoms with van der Waals surface area (Å²) in [6.45, 7) is 3.32. The van der Waals surface area contributed by atoms with Gasteiger partial charge in [0.25, 0.3) is 5.91 Å². The lowest BCUT2D eigenvalue weighted by atomic mass is 10.0. The number of ether oxygens (including phenoxy) is 1. The van der Waals surface area contributed by atoms with Crippen molar-refractivity contribution in [1.82, 2.24) is 5.32 Å². The van der Waals surface area contributed by atoms with Crippen LogP contribution in [0.15, 0.2) is 47.4 Å². The van der Waals surface area contributed by atoms with Gasteiger partial charge in [0.1, 0.15) is 5.75 Å². The first-order valence-electron chi connectivity index (χ1n) is 11.1. The number of fused-ring (bicyclic) bond motifs is 1. The molecule has 6 nitrogen and oxygen atoms in total. The highest BCUT2D eigenvalue weighted by Crippen LogP contribution is 2.26. The van der Waals surface area contributed by atoms with Crippen LogP contribution < -0.4 is 15.0 Å². The minimum atomic E-state index is -3.17. The topological polar surface area (TPSA) is 75.7 Å². The number of hydrogen-bond donors (Lipinski definition) is 1. The summed E-state index contributed by atoms with van der Waals surface area (Å²) in [6.07, 6.45) is 5.12. The molecule has 0 bridgehead atoms. The Kier molecular flexibility index (Phi) is 6.51. The average Bonchev–Trinajstić information content (AvgIpc) is 3.26. The summed E-state index contributed by atoms with van der Waals surface area (Å²) in [5.41, 5.74) is 3.75. The van der Waals surface area contributed by atoms with Crippen LogP contribution in [0.4, 0.5) is 5.69 Å². The molecule has 2 aromatic carbocycles. The molecule has 2 aromatic rings. The van der Waals surface area contributed by atoms with E-state index in [0.29, 0.717) is 4.90 Å². The third kappa shape index (κ3) is 5.21. The molecule has 2 aliphatic rings. The first-order valence-corrected chi connectivity index (χ1v) is 12.7. The quantitative estimate of drug-likeness (QED) is 0.713. The number of benzene rings is 2. The van der Waals surface area contributed by atoms with Crippen LogP contribution in [0.3, 0.4) is 0 Å².